The van der Waals surface area contributed by atoms with Gasteiger partial charge < -0.3 is 15.4 Å². The molecular formula is C19H29N3O5S. The summed E-state index contributed by atoms with van der Waals surface area (Å²) in [6.07, 6.45) is 5.54. The molecule has 0 heterocycles. The molecule has 1 fully saturated rings. The van der Waals surface area contributed by atoms with Crippen molar-refractivity contribution in [2.75, 3.05) is 26.8 Å². The number of benzene rings is 1. The molecule has 2 amide bonds. The largest absolute Gasteiger partial charge is 0.383 e. The van der Waals surface area contributed by atoms with Crippen LogP contribution in [0.2, 0.25) is 0 Å². The van der Waals surface area contributed by atoms with E-state index in [1.165, 1.54) is 7.11 Å². The fourth-order valence-corrected chi connectivity index (χ4v) is 4.40. The molecule has 0 bridgehead atoms. The minimum Gasteiger partial charge on any atom is -0.383 e. The molecule has 1 aliphatic rings. The second-order valence-corrected chi connectivity index (χ2v) is 8.57. The maximum Gasteiger partial charge on any atom is 0.309 e. The Kier molecular flexibility index (Phi) is 8.88. The third kappa shape index (κ3) is 7.21. The van der Waals surface area contributed by atoms with Gasteiger partial charge in [-0.3, -0.25) is 9.59 Å². The average Bonchev–Trinajstić information content (AvgIpc) is 2.69. The first-order valence-electron chi connectivity index (χ1n) is 9.58. The summed E-state index contributed by atoms with van der Waals surface area (Å²) >= 11 is 0. The minimum atomic E-state index is -3.52. The molecule has 2 rings (SSSR count). The van der Waals surface area contributed by atoms with Gasteiger partial charge >= 0.3 is 11.8 Å². The van der Waals surface area contributed by atoms with Crippen molar-refractivity contribution in [1.82, 2.24) is 15.4 Å². The Morgan fingerprint density at radius 1 is 1.00 bits per heavy atom. The molecule has 9 heteroatoms. The molecule has 1 aromatic rings. The predicted octanol–water partition coefficient (Wildman–Crippen LogP) is 0.719. The van der Waals surface area contributed by atoms with Crippen LogP contribution in [0.4, 0.5) is 0 Å². The molecule has 1 saturated carbocycles. The fourth-order valence-electron chi connectivity index (χ4n) is 3.09. The second kappa shape index (κ2) is 11.1. The standard InChI is InChI=1S/C19H29N3O5S/c1-27-14-13-21-19(24)18(23)20-12-11-15-7-9-17(10-8-15)28(25,26)22-16-5-3-2-4-6-16/h7-10,16,22H,2-6,11-14H2,1H3,(H,20,23)(H,21,24). The van der Waals surface area contributed by atoms with Crippen molar-refractivity contribution in [3.05, 3.63) is 29.8 Å². The Labute approximate surface area is 166 Å². The molecule has 156 valence electrons. The summed E-state index contributed by atoms with van der Waals surface area (Å²) in [5.74, 6) is -1.40. The number of rotatable bonds is 9. The first-order valence-corrected chi connectivity index (χ1v) is 11.1. The zero-order chi connectivity index (χ0) is 20.4. The van der Waals surface area contributed by atoms with E-state index in [2.05, 4.69) is 15.4 Å². The summed E-state index contributed by atoms with van der Waals surface area (Å²) in [5.41, 5.74) is 0.872. The number of carbonyl (C=O) groups excluding carboxylic acids is 2. The van der Waals surface area contributed by atoms with Gasteiger partial charge in [-0.05, 0) is 37.0 Å². The van der Waals surface area contributed by atoms with Crippen LogP contribution in [-0.2, 0) is 30.8 Å². The lowest BCUT2D eigenvalue weighted by Crippen LogP contribution is -2.41. The number of nitrogens with one attached hydrogen (secondary N) is 3. The van der Waals surface area contributed by atoms with E-state index in [0.717, 1.165) is 37.7 Å². The number of methoxy groups -OCH3 is 1. The van der Waals surface area contributed by atoms with E-state index in [0.29, 0.717) is 13.0 Å². The average molecular weight is 412 g/mol. The van der Waals surface area contributed by atoms with E-state index >= 15 is 0 Å². The highest BCUT2D eigenvalue weighted by molar-refractivity contribution is 7.89. The summed E-state index contributed by atoms with van der Waals surface area (Å²) in [6.45, 7) is 0.889. The van der Waals surface area contributed by atoms with Crippen LogP contribution >= 0.6 is 0 Å². The molecule has 0 spiro atoms. The Morgan fingerprint density at radius 3 is 2.21 bits per heavy atom. The van der Waals surface area contributed by atoms with Crippen LogP contribution < -0.4 is 15.4 Å². The molecule has 0 unspecified atom stereocenters. The van der Waals surface area contributed by atoms with Gasteiger partial charge in [0.25, 0.3) is 0 Å². The topological polar surface area (TPSA) is 114 Å². The smallest absolute Gasteiger partial charge is 0.309 e. The van der Waals surface area contributed by atoms with Gasteiger partial charge in [-0.2, -0.15) is 0 Å². The Morgan fingerprint density at radius 2 is 1.61 bits per heavy atom. The molecule has 0 atom stereocenters. The molecule has 3 N–H and O–H groups in total. The summed E-state index contributed by atoms with van der Waals surface area (Å²) < 4.78 is 32.5. The predicted molar refractivity (Wildman–Crippen MR) is 105 cm³/mol. The molecule has 0 radical (unpaired) electrons. The van der Waals surface area contributed by atoms with Gasteiger partial charge in [-0.25, -0.2) is 13.1 Å². The molecule has 1 aromatic carbocycles. The van der Waals surface area contributed by atoms with Crippen molar-refractivity contribution in [3.8, 4) is 0 Å². The van der Waals surface area contributed by atoms with Crippen LogP contribution in [0.3, 0.4) is 0 Å². The third-order valence-electron chi connectivity index (χ3n) is 4.66. The van der Waals surface area contributed by atoms with Crippen LogP contribution in [0, 0.1) is 0 Å². The number of hydrogen-bond acceptors (Lipinski definition) is 5. The number of amides is 2. The zero-order valence-electron chi connectivity index (χ0n) is 16.2. The highest BCUT2D eigenvalue weighted by Crippen LogP contribution is 2.20. The van der Waals surface area contributed by atoms with Crippen molar-refractivity contribution in [3.63, 3.8) is 0 Å². The summed E-state index contributed by atoms with van der Waals surface area (Å²) in [6, 6.07) is 6.60. The maximum atomic E-state index is 12.5. The lowest BCUT2D eigenvalue weighted by molar-refractivity contribution is -0.139. The first-order chi connectivity index (χ1) is 13.4. The van der Waals surface area contributed by atoms with E-state index in [4.69, 9.17) is 4.74 Å². The number of ether oxygens (including phenoxy) is 1. The van der Waals surface area contributed by atoms with Gasteiger partial charge in [0.15, 0.2) is 0 Å². The van der Waals surface area contributed by atoms with Crippen LogP contribution in [0.15, 0.2) is 29.2 Å². The fraction of sp³-hybridized carbons (Fsp3) is 0.579. The van der Waals surface area contributed by atoms with Crippen molar-refractivity contribution < 1.29 is 22.7 Å². The quantitative estimate of drug-likeness (QED) is 0.409. The van der Waals surface area contributed by atoms with Gasteiger partial charge in [0.05, 0.1) is 11.5 Å². The van der Waals surface area contributed by atoms with Gasteiger partial charge in [0.2, 0.25) is 10.0 Å². The maximum absolute atomic E-state index is 12.5. The van der Waals surface area contributed by atoms with Gasteiger partial charge in [0.1, 0.15) is 0 Å². The van der Waals surface area contributed by atoms with Crippen LogP contribution in [0.25, 0.3) is 0 Å². The normalized spacial score (nSPS) is 15.2. The number of sulfonamides is 1. The molecule has 8 nitrogen and oxygen atoms in total. The lowest BCUT2D eigenvalue weighted by Gasteiger charge is -2.22. The van der Waals surface area contributed by atoms with Crippen LogP contribution in [-0.4, -0.2) is 53.1 Å². The van der Waals surface area contributed by atoms with E-state index in [-0.39, 0.29) is 24.0 Å². The van der Waals surface area contributed by atoms with Crippen molar-refractivity contribution in [2.45, 2.75) is 49.5 Å². The molecule has 28 heavy (non-hydrogen) atoms. The van der Waals surface area contributed by atoms with E-state index in [1.54, 1.807) is 24.3 Å². The summed E-state index contributed by atoms with van der Waals surface area (Å²) in [7, 11) is -2.01. The monoisotopic (exact) mass is 411 g/mol. The molecule has 0 aromatic heterocycles. The van der Waals surface area contributed by atoms with E-state index in [9.17, 15) is 18.0 Å². The molecule has 0 saturated heterocycles. The third-order valence-corrected chi connectivity index (χ3v) is 6.19. The van der Waals surface area contributed by atoms with E-state index < -0.39 is 21.8 Å². The van der Waals surface area contributed by atoms with Crippen molar-refractivity contribution in [1.29, 1.82) is 0 Å². The number of hydrogen-bond donors (Lipinski definition) is 3. The summed E-state index contributed by atoms with van der Waals surface area (Å²) in [4.78, 5) is 23.4. The highest BCUT2D eigenvalue weighted by Gasteiger charge is 2.21. The Hall–Kier alpha value is -1.97. The van der Waals surface area contributed by atoms with Gasteiger partial charge in [-0.15, -0.1) is 0 Å². The van der Waals surface area contributed by atoms with Crippen molar-refractivity contribution >= 4 is 21.8 Å². The second-order valence-electron chi connectivity index (χ2n) is 6.85. The Bertz CT molecular complexity index is 743. The first kappa shape index (κ1) is 22.3. The number of carbonyl (C=O) groups is 2. The van der Waals surface area contributed by atoms with E-state index in [1.807, 2.05) is 0 Å². The molecule has 0 aliphatic heterocycles. The Balaban J connectivity index is 1.78. The minimum absolute atomic E-state index is 0.0173. The lowest BCUT2D eigenvalue weighted by atomic mass is 9.96. The SMILES string of the molecule is COCCNC(=O)C(=O)NCCc1ccc(S(=O)(=O)NC2CCCCC2)cc1. The van der Waals surface area contributed by atoms with Crippen LogP contribution in [0.1, 0.15) is 37.7 Å². The van der Waals surface area contributed by atoms with Crippen LogP contribution in [0.5, 0.6) is 0 Å². The van der Waals surface area contributed by atoms with Gasteiger partial charge in [0, 0.05) is 26.2 Å². The molecule has 1 aliphatic carbocycles. The zero-order valence-corrected chi connectivity index (χ0v) is 17.0. The molecular weight excluding hydrogens is 382 g/mol. The summed E-state index contributed by atoms with van der Waals surface area (Å²) in [5, 5.41) is 4.97. The highest BCUT2D eigenvalue weighted by atomic mass is 32.2. The van der Waals surface area contributed by atoms with Gasteiger partial charge in [-0.1, -0.05) is 31.4 Å². The van der Waals surface area contributed by atoms with Crippen molar-refractivity contribution in [2.24, 2.45) is 0 Å².